The van der Waals surface area contributed by atoms with Crippen molar-refractivity contribution in [2.75, 3.05) is 6.61 Å². The minimum atomic E-state index is -0.391. The monoisotopic (exact) mass is 197 g/mol. The number of hydrogen-bond donors (Lipinski definition) is 2. The molecule has 0 aliphatic heterocycles. The van der Waals surface area contributed by atoms with Gasteiger partial charge in [-0.2, -0.15) is 0 Å². The minimum absolute atomic E-state index is 0.00550. The van der Waals surface area contributed by atoms with Gasteiger partial charge >= 0.3 is 0 Å². The van der Waals surface area contributed by atoms with E-state index in [1.807, 2.05) is 13.8 Å². The number of hydrogen-bond acceptors (Lipinski definition) is 2. The lowest BCUT2D eigenvalue weighted by molar-refractivity contribution is 0.132. The largest absolute Gasteiger partial charge is 0.396 e. The van der Waals surface area contributed by atoms with Gasteiger partial charge in [-0.1, -0.05) is 26.0 Å². The maximum atomic E-state index is 12.6. The van der Waals surface area contributed by atoms with Gasteiger partial charge in [0.15, 0.2) is 0 Å². The summed E-state index contributed by atoms with van der Waals surface area (Å²) in [5, 5.41) is 9.13. The molecule has 1 rings (SSSR count). The SMILES string of the molecule is CC(C)(CO)[C@@H](N)c1ccc(F)cc1. The Labute approximate surface area is 83.6 Å². The number of aliphatic hydroxyl groups excluding tert-OH is 1. The predicted molar refractivity (Wildman–Crippen MR) is 54.2 cm³/mol. The highest BCUT2D eigenvalue weighted by molar-refractivity contribution is 5.21. The summed E-state index contributed by atoms with van der Waals surface area (Å²) in [5.41, 5.74) is 6.40. The number of rotatable bonds is 3. The Balaban J connectivity index is 2.89. The van der Waals surface area contributed by atoms with Crippen LogP contribution in [0.15, 0.2) is 24.3 Å². The lowest BCUT2D eigenvalue weighted by Gasteiger charge is -2.29. The van der Waals surface area contributed by atoms with Gasteiger partial charge in [0.25, 0.3) is 0 Å². The van der Waals surface area contributed by atoms with Crippen LogP contribution >= 0.6 is 0 Å². The number of halogens is 1. The van der Waals surface area contributed by atoms with Crippen LogP contribution in [0, 0.1) is 11.2 Å². The van der Waals surface area contributed by atoms with Gasteiger partial charge in [-0.05, 0) is 17.7 Å². The number of nitrogens with two attached hydrogens (primary N) is 1. The fraction of sp³-hybridized carbons (Fsp3) is 0.455. The van der Waals surface area contributed by atoms with Crippen molar-refractivity contribution < 1.29 is 9.50 Å². The number of benzene rings is 1. The van der Waals surface area contributed by atoms with Crippen LogP contribution in [0.5, 0.6) is 0 Å². The zero-order valence-corrected chi connectivity index (χ0v) is 8.50. The smallest absolute Gasteiger partial charge is 0.123 e. The fourth-order valence-corrected chi connectivity index (χ4v) is 1.22. The van der Waals surface area contributed by atoms with Crippen LogP contribution in [0.25, 0.3) is 0 Å². The summed E-state index contributed by atoms with van der Waals surface area (Å²) >= 11 is 0. The van der Waals surface area contributed by atoms with E-state index in [1.165, 1.54) is 12.1 Å². The molecule has 0 saturated carbocycles. The van der Waals surface area contributed by atoms with Crippen molar-refractivity contribution in [1.29, 1.82) is 0 Å². The zero-order valence-electron chi connectivity index (χ0n) is 8.50. The third-order valence-electron chi connectivity index (χ3n) is 2.48. The highest BCUT2D eigenvalue weighted by atomic mass is 19.1. The van der Waals surface area contributed by atoms with Gasteiger partial charge in [0, 0.05) is 18.1 Å². The van der Waals surface area contributed by atoms with Crippen LogP contribution in [-0.2, 0) is 0 Å². The Morgan fingerprint density at radius 3 is 2.29 bits per heavy atom. The molecule has 1 atom stereocenters. The van der Waals surface area contributed by atoms with Crippen LogP contribution in [-0.4, -0.2) is 11.7 Å². The van der Waals surface area contributed by atoms with Gasteiger partial charge in [0.05, 0.1) is 0 Å². The Morgan fingerprint density at radius 1 is 1.36 bits per heavy atom. The second-order valence-corrected chi connectivity index (χ2v) is 4.18. The molecule has 0 fully saturated rings. The van der Waals surface area contributed by atoms with E-state index in [9.17, 15) is 4.39 Å². The lowest BCUT2D eigenvalue weighted by Crippen LogP contribution is -2.32. The second kappa shape index (κ2) is 4.07. The first-order chi connectivity index (χ1) is 6.47. The van der Waals surface area contributed by atoms with Gasteiger partial charge < -0.3 is 10.8 Å². The third-order valence-corrected chi connectivity index (χ3v) is 2.48. The molecule has 1 aromatic carbocycles. The van der Waals surface area contributed by atoms with E-state index < -0.39 is 5.41 Å². The van der Waals surface area contributed by atoms with Crippen LogP contribution in [0.4, 0.5) is 4.39 Å². The molecular formula is C11H16FNO. The molecular weight excluding hydrogens is 181 g/mol. The zero-order chi connectivity index (χ0) is 10.8. The Kier molecular flexibility index (Phi) is 3.24. The van der Waals surface area contributed by atoms with E-state index in [2.05, 4.69) is 0 Å². The third kappa shape index (κ3) is 2.30. The normalized spacial score (nSPS) is 14.1. The molecule has 78 valence electrons. The van der Waals surface area contributed by atoms with Gasteiger partial charge in [0.2, 0.25) is 0 Å². The first-order valence-corrected chi connectivity index (χ1v) is 4.59. The molecule has 0 aromatic heterocycles. The average Bonchev–Trinajstić information content (AvgIpc) is 2.18. The van der Waals surface area contributed by atoms with Crippen molar-refractivity contribution in [3.63, 3.8) is 0 Å². The summed E-state index contributed by atoms with van der Waals surface area (Å²) in [4.78, 5) is 0. The van der Waals surface area contributed by atoms with Crippen LogP contribution in [0.1, 0.15) is 25.5 Å². The van der Waals surface area contributed by atoms with Gasteiger partial charge in [-0.3, -0.25) is 0 Å². The van der Waals surface area contributed by atoms with Crippen molar-refractivity contribution in [3.05, 3.63) is 35.6 Å². The van der Waals surface area contributed by atoms with E-state index in [0.717, 1.165) is 5.56 Å². The molecule has 3 N–H and O–H groups in total. The van der Waals surface area contributed by atoms with Crippen molar-refractivity contribution in [3.8, 4) is 0 Å². The molecule has 3 heteroatoms. The summed E-state index contributed by atoms with van der Waals surface area (Å²) in [5.74, 6) is -0.275. The van der Waals surface area contributed by atoms with E-state index in [4.69, 9.17) is 10.8 Å². The van der Waals surface area contributed by atoms with E-state index >= 15 is 0 Å². The Morgan fingerprint density at radius 2 is 1.86 bits per heavy atom. The molecule has 0 aliphatic rings. The first kappa shape index (κ1) is 11.1. The van der Waals surface area contributed by atoms with Crippen molar-refractivity contribution in [2.24, 2.45) is 11.1 Å². The Hall–Kier alpha value is -0.930. The van der Waals surface area contributed by atoms with Crippen LogP contribution in [0.2, 0.25) is 0 Å². The minimum Gasteiger partial charge on any atom is -0.396 e. The summed E-state index contributed by atoms with van der Waals surface area (Å²) < 4.78 is 12.6. The first-order valence-electron chi connectivity index (χ1n) is 4.59. The van der Waals surface area contributed by atoms with Crippen LogP contribution in [0.3, 0.4) is 0 Å². The molecule has 0 saturated heterocycles. The molecule has 0 bridgehead atoms. The highest BCUT2D eigenvalue weighted by Gasteiger charge is 2.26. The second-order valence-electron chi connectivity index (χ2n) is 4.18. The van der Waals surface area contributed by atoms with Crippen LogP contribution < -0.4 is 5.73 Å². The van der Waals surface area contributed by atoms with Gasteiger partial charge in [-0.25, -0.2) is 4.39 Å². The lowest BCUT2D eigenvalue weighted by atomic mass is 9.82. The maximum absolute atomic E-state index is 12.6. The summed E-state index contributed by atoms with van der Waals surface area (Å²) in [6.45, 7) is 3.76. The molecule has 0 spiro atoms. The van der Waals surface area contributed by atoms with E-state index in [-0.39, 0.29) is 18.5 Å². The summed E-state index contributed by atoms with van der Waals surface area (Å²) in [6.07, 6.45) is 0. The molecule has 0 amide bonds. The average molecular weight is 197 g/mol. The van der Waals surface area contributed by atoms with Crippen molar-refractivity contribution in [2.45, 2.75) is 19.9 Å². The van der Waals surface area contributed by atoms with Gasteiger partial charge in [0.1, 0.15) is 5.82 Å². The molecule has 1 aromatic rings. The molecule has 0 aliphatic carbocycles. The number of aliphatic hydroxyl groups is 1. The maximum Gasteiger partial charge on any atom is 0.123 e. The predicted octanol–water partition coefficient (Wildman–Crippen LogP) is 1.84. The van der Waals surface area contributed by atoms with Crippen molar-refractivity contribution in [1.82, 2.24) is 0 Å². The molecule has 0 unspecified atom stereocenters. The summed E-state index contributed by atoms with van der Waals surface area (Å²) in [7, 11) is 0. The fourth-order valence-electron chi connectivity index (χ4n) is 1.22. The quantitative estimate of drug-likeness (QED) is 0.776. The topological polar surface area (TPSA) is 46.2 Å². The molecule has 0 radical (unpaired) electrons. The standard InChI is InChI=1S/C11H16FNO/c1-11(2,7-14)10(13)8-3-5-9(12)6-4-8/h3-6,10,14H,7,13H2,1-2H3/t10-/m0/s1. The molecule has 2 nitrogen and oxygen atoms in total. The summed E-state index contributed by atoms with van der Waals surface area (Å²) in [6, 6.07) is 5.77. The van der Waals surface area contributed by atoms with E-state index in [1.54, 1.807) is 12.1 Å². The molecule has 14 heavy (non-hydrogen) atoms. The van der Waals surface area contributed by atoms with Crippen molar-refractivity contribution >= 4 is 0 Å². The Bertz CT molecular complexity index is 295. The molecule has 0 heterocycles. The van der Waals surface area contributed by atoms with E-state index in [0.29, 0.717) is 0 Å². The van der Waals surface area contributed by atoms with Gasteiger partial charge in [-0.15, -0.1) is 0 Å². The highest BCUT2D eigenvalue weighted by Crippen LogP contribution is 2.30.